The summed E-state index contributed by atoms with van der Waals surface area (Å²) < 4.78 is 14.4. The highest BCUT2D eigenvalue weighted by Crippen LogP contribution is 2.34. The average molecular weight is 374 g/mol. The topological polar surface area (TPSA) is 66.4 Å². The van der Waals surface area contributed by atoms with Gasteiger partial charge in [0.15, 0.2) is 0 Å². The third-order valence-electron chi connectivity index (χ3n) is 4.73. The van der Waals surface area contributed by atoms with Gasteiger partial charge in [0.05, 0.1) is 11.4 Å². The van der Waals surface area contributed by atoms with E-state index in [1.165, 1.54) is 6.07 Å². The molecule has 6 heteroatoms. The number of anilines is 2. The second kappa shape index (κ2) is 7.60. The van der Waals surface area contributed by atoms with Crippen molar-refractivity contribution in [3.05, 3.63) is 83.4 Å². The van der Waals surface area contributed by atoms with Crippen LogP contribution in [0.25, 0.3) is 0 Å². The molecule has 2 N–H and O–H groups in total. The molecule has 4 rings (SSSR count). The van der Waals surface area contributed by atoms with Crippen LogP contribution in [0.5, 0.6) is 0 Å². The lowest BCUT2D eigenvalue weighted by molar-refractivity contribution is -0.115. The molecule has 2 heterocycles. The number of aryl methyl sites for hydroxylation is 1. The van der Waals surface area contributed by atoms with E-state index in [2.05, 4.69) is 20.6 Å². The summed E-state index contributed by atoms with van der Waals surface area (Å²) in [5.74, 6) is -0.982. The van der Waals surface area contributed by atoms with Gasteiger partial charge in [-0.3, -0.25) is 14.8 Å². The molecule has 1 aliphatic rings. The first-order chi connectivity index (χ1) is 13.6. The fraction of sp³-hybridized carbons (Fsp3) is 0.136. The molecule has 0 saturated carbocycles. The smallest absolute Gasteiger partial charge is 0.237 e. The van der Waals surface area contributed by atoms with Crippen molar-refractivity contribution in [1.82, 2.24) is 4.98 Å². The number of benzene rings is 2. The number of hydrogen-bond acceptors (Lipinski definition) is 4. The molecule has 5 nitrogen and oxygen atoms in total. The quantitative estimate of drug-likeness (QED) is 0.643. The number of aliphatic imine (C=N–C) groups is 1. The van der Waals surface area contributed by atoms with E-state index in [0.29, 0.717) is 17.9 Å². The number of nitrogens with zero attached hydrogens (tertiary/aromatic N) is 2. The van der Waals surface area contributed by atoms with Crippen LogP contribution in [0.15, 0.2) is 65.9 Å². The minimum Gasteiger partial charge on any atom is -0.379 e. The summed E-state index contributed by atoms with van der Waals surface area (Å²) in [6.45, 7) is 2.46. The van der Waals surface area contributed by atoms with Gasteiger partial charge in [0.2, 0.25) is 5.91 Å². The van der Waals surface area contributed by atoms with E-state index in [-0.39, 0.29) is 5.91 Å². The van der Waals surface area contributed by atoms with Gasteiger partial charge in [0.25, 0.3) is 0 Å². The fourth-order valence-corrected chi connectivity index (χ4v) is 3.27. The predicted octanol–water partition coefficient (Wildman–Crippen LogP) is 4.58. The summed E-state index contributed by atoms with van der Waals surface area (Å²) in [6, 6.07) is 14.2. The zero-order chi connectivity index (χ0) is 19.5. The average Bonchev–Trinajstić information content (AvgIpc) is 3.03. The van der Waals surface area contributed by atoms with Crippen molar-refractivity contribution >= 4 is 29.2 Å². The normalized spacial score (nSPS) is 15.5. The Bertz CT molecular complexity index is 1050. The van der Waals surface area contributed by atoms with Gasteiger partial charge < -0.3 is 10.6 Å². The molecule has 2 aromatic carbocycles. The second-order valence-electron chi connectivity index (χ2n) is 6.65. The molecule has 0 radical (unpaired) electrons. The fourth-order valence-electron chi connectivity index (χ4n) is 3.27. The van der Waals surface area contributed by atoms with Crippen molar-refractivity contribution < 1.29 is 9.18 Å². The largest absolute Gasteiger partial charge is 0.379 e. The number of rotatable bonds is 5. The zero-order valence-corrected chi connectivity index (χ0v) is 15.3. The standard InChI is InChI=1S/C22H19FN4O/c1-14-3-2-4-20-21(14)17(22(28)27-20)13-25-16-5-6-19(18(23)11-16)26-12-15-7-9-24-10-8-15/h2-11,13,17,26H,12H2,1H3,(H,27,28). The van der Waals surface area contributed by atoms with Gasteiger partial charge in [-0.25, -0.2) is 4.39 Å². The molecular formula is C22H19FN4O. The SMILES string of the molecule is Cc1cccc2c1C(C=Nc1ccc(NCc3ccncc3)c(F)c1)C(=O)N2. The Hall–Kier alpha value is -3.54. The Kier molecular flexibility index (Phi) is 4.85. The van der Waals surface area contributed by atoms with Crippen molar-refractivity contribution in [2.45, 2.75) is 19.4 Å². The summed E-state index contributed by atoms with van der Waals surface area (Å²) in [4.78, 5) is 20.6. The zero-order valence-electron chi connectivity index (χ0n) is 15.3. The van der Waals surface area contributed by atoms with Crippen LogP contribution in [0, 0.1) is 12.7 Å². The van der Waals surface area contributed by atoms with Crippen LogP contribution in [0.1, 0.15) is 22.6 Å². The molecule has 140 valence electrons. The molecule has 3 aromatic rings. The van der Waals surface area contributed by atoms with Gasteiger partial charge in [-0.05, 0) is 53.9 Å². The number of amides is 1. The molecule has 0 spiro atoms. The van der Waals surface area contributed by atoms with Crippen LogP contribution in [0.2, 0.25) is 0 Å². The van der Waals surface area contributed by atoms with Gasteiger partial charge in [0, 0.05) is 36.9 Å². The highest BCUT2D eigenvalue weighted by molar-refractivity contribution is 6.13. The van der Waals surface area contributed by atoms with Crippen molar-refractivity contribution in [3.63, 3.8) is 0 Å². The number of carbonyl (C=O) groups excluding carboxylic acids is 1. The Labute approximate surface area is 162 Å². The van der Waals surface area contributed by atoms with Gasteiger partial charge in [-0.15, -0.1) is 0 Å². The lowest BCUT2D eigenvalue weighted by Gasteiger charge is -2.08. The molecule has 1 aromatic heterocycles. The highest BCUT2D eigenvalue weighted by Gasteiger charge is 2.30. The lowest BCUT2D eigenvalue weighted by Crippen LogP contribution is -2.13. The number of aromatic nitrogens is 1. The first kappa shape index (κ1) is 17.9. The number of carbonyl (C=O) groups is 1. The molecule has 1 atom stereocenters. The van der Waals surface area contributed by atoms with Gasteiger partial charge in [0.1, 0.15) is 11.7 Å². The van der Waals surface area contributed by atoms with E-state index in [1.807, 2.05) is 37.3 Å². The monoisotopic (exact) mass is 374 g/mol. The summed E-state index contributed by atoms with van der Waals surface area (Å²) in [6.07, 6.45) is 4.97. The molecule has 0 fully saturated rings. The maximum absolute atomic E-state index is 14.4. The maximum atomic E-state index is 14.4. The third kappa shape index (κ3) is 3.62. The van der Waals surface area contributed by atoms with E-state index in [1.54, 1.807) is 30.7 Å². The Morgan fingerprint density at radius 2 is 2.04 bits per heavy atom. The van der Waals surface area contributed by atoms with Crippen molar-refractivity contribution in [2.75, 3.05) is 10.6 Å². The van der Waals surface area contributed by atoms with Gasteiger partial charge in [-0.1, -0.05) is 12.1 Å². The molecule has 0 bridgehead atoms. The van der Waals surface area contributed by atoms with Crippen LogP contribution in [-0.2, 0) is 11.3 Å². The Balaban J connectivity index is 1.49. The molecule has 1 amide bonds. The van der Waals surface area contributed by atoms with Gasteiger partial charge in [-0.2, -0.15) is 0 Å². The summed E-state index contributed by atoms with van der Waals surface area (Å²) in [7, 11) is 0. The van der Waals surface area contributed by atoms with Crippen molar-refractivity contribution in [1.29, 1.82) is 0 Å². The lowest BCUT2D eigenvalue weighted by atomic mass is 9.97. The van der Waals surface area contributed by atoms with E-state index < -0.39 is 11.7 Å². The number of nitrogens with one attached hydrogen (secondary N) is 2. The van der Waals surface area contributed by atoms with E-state index in [9.17, 15) is 9.18 Å². The number of fused-ring (bicyclic) bond motifs is 1. The van der Waals surface area contributed by atoms with Crippen LogP contribution < -0.4 is 10.6 Å². The minimum absolute atomic E-state index is 0.121. The Morgan fingerprint density at radius 1 is 1.21 bits per heavy atom. The predicted molar refractivity (Wildman–Crippen MR) is 109 cm³/mol. The summed E-state index contributed by atoms with van der Waals surface area (Å²) >= 11 is 0. The van der Waals surface area contributed by atoms with E-state index in [4.69, 9.17) is 0 Å². The minimum atomic E-state index is -0.469. The summed E-state index contributed by atoms with van der Waals surface area (Å²) in [5.41, 5.74) is 4.62. The highest BCUT2D eigenvalue weighted by atomic mass is 19.1. The molecule has 28 heavy (non-hydrogen) atoms. The Morgan fingerprint density at radius 3 is 2.82 bits per heavy atom. The molecule has 0 aliphatic carbocycles. The second-order valence-corrected chi connectivity index (χ2v) is 6.65. The van der Waals surface area contributed by atoms with Crippen LogP contribution in [0.4, 0.5) is 21.5 Å². The van der Waals surface area contributed by atoms with Crippen LogP contribution in [0.3, 0.4) is 0 Å². The third-order valence-corrected chi connectivity index (χ3v) is 4.73. The first-order valence-electron chi connectivity index (χ1n) is 8.99. The molecule has 0 saturated heterocycles. The van der Waals surface area contributed by atoms with E-state index in [0.717, 1.165) is 22.4 Å². The van der Waals surface area contributed by atoms with Crippen molar-refractivity contribution in [2.24, 2.45) is 4.99 Å². The van der Waals surface area contributed by atoms with Crippen LogP contribution >= 0.6 is 0 Å². The maximum Gasteiger partial charge on any atom is 0.237 e. The van der Waals surface area contributed by atoms with Gasteiger partial charge >= 0.3 is 0 Å². The molecule has 1 unspecified atom stereocenters. The summed E-state index contributed by atoms with van der Waals surface area (Å²) in [5, 5.41) is 5.92. The number of pyridine rings is 1. The van der Waals surface area contributed by atoms with E-state index >= 15 is 0 Å². The van der Waals surface area contributed by atoms with Crippen LogP contribution in [-0.4, -0.2) is 17.1 Å². The number of halogens is 1. The molecule has 1 aliphatic heterocycles. The number of hydrogen-bond donors (Lipinski definition) is 2. The molecular weight excluding hydrogens is 355 g/mol. The van der Waals surface area contributed by atoms with Crippen molar-refractivity contribution in [3.8, 4) is 0 Å². The first-order valence-corrected chi connectivity index (χ1v) is 8.99.